The molecule has 1 fully saturated rings. The number of H-pyrrole nitrogens is 1. The van der Waals surface area contributed by atoms with E-state index < -0.39 is 8.32 Å². The smallest absolute Gasteiger partial charge is 0.228 e. The lowest BCUT2D eigenvalue weighted by atomic mass is 9.82. The average molecular weight is 456 g/mol. The first-order chi connectivity index (χ1) is 14.9. The van der Waals surface area contributed by atoms with Crippen LogP contribution in [0.15, 0.2) is 30.3 Å². The van der Waals surface area contributed by atoms with Crippen LogP contribution in [0.2, 0.25) is 18.1 Å². The molecule has 0 unspecified atom stereocenters. The van der Waals surface area contributed by atoms with E-state index in [0.717, 1.165) is 24.1 Å². The Morgan fingerprint density at radius 3 is 2.44 bits per heavy atom. The molecule has 2 heterocycles. The fourth-order valence-electron chi connectivity index (χ4n) is 4.09. The van der Waals surface area contributed by atoms with Gasteiger partial charge in [0, 0.05) is 17.7 Å². The third kappa shape index (κ3) is 5.21. The molecule has 1 aromatic carbocycles. The van der Waals surface area contributed by atoms with Gasteiger partial charge >= 0.3 is 0 Å². The van der Waals surface area contributed by atoms with Crippen molar-refractivity contribution >= 4 is 20.0 Å². The number of amides is 1. The van der Waals surface area contributed by atoms with Gasteiger partial charge in [0.05, 0.1) is 18.1 Å². The highest BCUT2D eigenvalue weighted by atomic mass is 28.4. The van der Waals surface area contributed by atoms with Gasteiger partial charge in [-0.25, -0.2) is 0 Å². The fourth-order valence-corrected chi connectivity index (χ4v) is 5.52. The molecule has 0 bridgehead atoms. The molecule has 1 amide bonds. The summed E-state index contributed by atoms with van der Waals surface area (Å²) in [7, 11) is -2.01. The third-order valence-electron chi connectivity index (χ3n) is 7.11. The SMILES string of the molecule is Cc1[nH]nc(C(=O)C[C@H]2NC(=O)[C@@H]2[C@@H](C)O[Si](C)(C)C(C)(C)C)c1CCc1ccccc1. The molecular weight excluding hydrogens is 418 g/mol. The number of aryl methyl sites for hydroxylation is 2. The van der Waals surface area contributed by atoms with Crippen LogP contribution in [0.5, 0.6) is 0 Å². The lowest BCUT2D eigenvalue weighted by molar-refractivity contribution is -0.139. The quantitative estimate of drug-likeness (QED) is 0.329. The Morgan fingerprint density at radius 1 is 1.19 bits per heavy atom. The van der Waals surface area contributed by atoms with Crippen LogP contribution in [0.3, 0.4) is 0 Å². The molecule has 6 nitrogen and oxygen atoms in total. The van der Waals surface area contributed by atoms with Crippen molar-refractivity contribution in [1.82, 2.24) is 15.5 Å². The Bertz CT molecular complexity index is 963. The van der Waals surface area contributed by atoms with Gasteiger partial charge in [0.15, 0.2) is 14.1 Å². The molecule has 1 aliphatic heterocycles. The zero-order valence-corrected chi connectivity index (χ0v) is 21.4. The van der Waals surface area contributed by atoms with E-state index in [1.165, 1.54) is 5.56 Å². The highest BCUT2D eigenvalue weighted by molar-refractivity contribution is 6.74. The molecule has 0 aliphatic carbocycles. The van der Waals surface area contributed by atoms with Crippen molar-refractivity contribution in [3.05, 3.63) is 52.8 Å². The number of aromatic amines is 1. The largest absolute Gasteiger partial charge is 0.413 e. The number of hydrogen-bond acceptors (Lipinski definition) is 4. The zero-order chi connectivity index (χ0) is 23.7. The van der Waals surface area contributed by atoms with Crippen molar-refractivity contribution in [2.75, 3.05) is 0 Å². The van der Waals surface area contributed by atoms with Crippen molar-refractivity contribution in [2.24, 2.45) is 5.92 Å². The number of β-lactam (4-membered cyclic amide) rings is 1. The number of nitrogens with zero attached hydrogens (tertiary/aromatic N) is 1. The number of carbonyl (C=O) groups excluding carboxylic acids is 2. The standard InChI is InChI=1S/C25H37N3O3Si/c1-16-19(14-13-18-11-9-8-10-12-18)23(28-27-16)21(29)15-20-22(24(30)26-20)17(2)31-32(6,7)25(3,4)5/h8-12,17,20,22H,13-15H2,1-7H3,(H,26,30)(H,27,28)/t17-,20-,22-/m1/s1. The van der Waals surface area contributed by atoms with Crippen LogP contribution in [0.1, 0.15) is 61.4 Å². The summed E-state index contributed by atoms with van der Waals surface area (Å²) < 4.78 is 6.45. The summed E-state index contributed by atoms with van der Waals surface area (Å²) in [6.07, 6.45) is 1.62. The van der Waals surface area contributed by atoms with Crippen molar-refractivity contribution in [3.63, 3.8) is 0 Å². The third-order valence-corrected chi connectivity index (χ3v) is 11.7. The van der Waals surface area contributed by atoms with E-state index in [-0.39, 0.29) is 41.2 Å². The van der Waals surface area contributed by atoms with Crippen molar-refractivity contribution in [2.45, 2.75) is 84.2 Å². The predicted molar refractivity (Wildman–Crippen MR) is 129 cm³/mol. The summed E-state index contributed by atoms with van der Waals surface area (Å²) in [5, 5.41) is 10.3. The van der Waals surface area contributed by atoms with Crippen molar-refractivity contribution in [1.29, 1.82) is 0 Å². The molecule has 174 valence electrons. The molecule has 1 aliphatic rings. The lowest BCUT2D eigenvalue weighted by Gasteiger charge is -2.45. The minimum Gasteiger partial charge on any atom is -0.413 e. The van der Waals surface area contributed by atoms with Gasteiger partial charge in [0.25, 0.3) is 0 Å². The molecule has 0 saturated carbocycles. The van der Waals surface area contributed by atoms with Crippen LogP contribution in [-0.4, -0.2) is 42.4 Å². The number of rotatable bonds is 9. The van der Waals surface area contributed by atoms with Crippen LogP contribution in [-0.2, 0) is 22.1 Å². The Morgan fingerprint density at radius 2 is 1.84 bits per heavy atom. The summed E-state index contributed by atoms with van der Waals surface area (Å²) in [6, 6.07) is 10.0. The highest BCUT2D eigenvalue weighted by Gasteiger charge is 2.48. The molecule has 0 spiro atoms. The molecule has 3 rings (SSSR count). The Balaban J connectivity index is 1.66. The Kier molecular flexibility index (Phi) is 7.10. The van der Waals surface area contributed by atoms with Gasteiger partial charge in [-0.1, -0.05) is 51.1 Å². The predicted octanol–water partition coefficient (Wildman–Crippen LogP) is 4.60. The first-order valence-electron chi connectivity index (χ1n) is 11.5. The van der Waals surface area contributed by atoms with Crippen LogP contribution in [0.25, 0.3) is 0 Å². The van der Waals surface area contributed by atoms with E-state index in [9.17, 15) is 9.59 Å². The van der Waals surface area contributed by atoms with E-state index >= 15 is 0 Å². The second-order valence-corrected chi connectivity index (χ2v) is 15.3. The minimum atomic E-state index is -2.01. The number of Topliss-reactive ketones (excluding diaryl/α,β-unsaturated/α-hetero) is 1. The Labute approximate surface area is 192 Å². The maximum atomic E-state index is 13.1. The second-order valence-electron chi connectivity index (χ2n) is 10.5. The first kappa shape index (κ1) is 24.4. The molecular formula is C25H37N3O3Si. The molecule has 7 heteroatoms. The van der Waals surface area contributed by atoms with Crippen molar-refractivity contribution in [3.8, 4) is 0 Å². The van der Waals surface area contributed by atoms with E-state index in [4.69, 9.17) is 4.43 Å². The topological polar surface area (TPSA) is 84.1 Å². The normalized spacial score (nSPS) is 19.9. The summed E-state index contributed by atoms with van der Waals surface area (Å²) >= 11 is 0. The molecule has 3 atom stereocenters. The number of hydrogen-bond donors (Lipinski definition) is 2. The minimum absolute atomic E-state index is 0.0310. The summed E-state index contributed by atoms with van der Waals surface area (Å²) in [5.41, 5.74) is 3.62. The van der Waals surface area contributed by atoms with Gasteiger partial charge in [-0.3, -0.25) is 14.7 Å². The van der Waals surface area contributed by atoms with E-state index in [0.29, 0.717) is 5.69 Å². The molecule has 0 radical (unpaired) electrons. The Hall–Kier alpha value is -2.25. The zero-order valence-electron chi connectivity index (χ0n) is 20.4. The molecule has 32 heavy (non-hydrogen) atoms. The number of nitrogens with one attached hydrogen (secondary N) is 2. The monoisotopic (exact) mass is 455 g/mol. The van der Waals surface area contributed by atoms with Gasteiger partial charge < -0.3 is 9.74 Å². The second kappa shape index (κ2) is 9.31. The maximum absolute atomic E-state index is 13.1. The number of carbonyl (C=O) groups is 2. The summed E-state index contributed by atoms with van der Waals surface area (Å²) in [6.45, 7) is 14.8. The lowest BCUT2D eigenvalue weighted by Crippen LogP contribution is -2.64. The number of aromatic nitrogens is 2. The van der Waals surface area contributed by atoms with Crippen LogP contribution < -0.4 is 5.32 Å². The molecule has 1 aromatic heterocycles. The number of benzene rings is 1. The molecule has 2 aromatic rings. The van der Waals surface area contributed by atoms with E-state index in [2.05, 4.69) is 61.5 Å². The van der Waals surface area contributed by atoms with Gasteiger partial charge in [-0.2, -0.15) is 5.10 Å². The summed E-state index contributed by atoms with van der Waals surface area (Å²) in [5.74, 6) is -0.371. The molecule has 2 N–H and O–H groups in total. The first-order valence-corrected chi connectivity index (χ1v) is 14.4. The van der Waals surface area contributed by atoms with Crippen LogP contribution >= 0.6 is 0 Å². The van der Waals surface area contributed by atoms with Gasteiger partial charge in [-0.15, -0.1) is 0 Å². The van der Waals surface area contributed by atoms with Crippen molar-refractivity contribution < 1.29 is 14.0 Å². The van der Waals surface area contributed by atoms with Crippen LogP contribution in [0.4, 0.5) is 0 Å². The highest BCUT2D eigenvalue weighted by Crippen LogP contribution is 2.39. The summed E-state index contributed by atoms with van der Waals surface area (Å²) in [4.78, 5) is 25.5. The van der Waals surface area contributed by atoms with E-state index in [1.54, 1.807) is 0 Å². The molecule has 1 saturated heterocycles. The van der Waals surface area contributed by atoms with Crippen LogP contribution in [0, 0.1) is 12.8 Å². The van der Waals surface area contributed by atoms with Gasteiger partial charge in [0.1, 0.15) is 5.69 Å². The number of ketones is 1. The van der Waals surface area contributed by atoms with Gasteiger partial charge in [-0.05, 0) is 50.4 Å². The van der Waals surface area contributed by atoms with Gasteiger partial charge in [0.2, 0.25) is 5.91 Å². The maximum Gasteiger partial charge on any atom is 0.228 e. The van der Waals surface area contributed by atoms with E-state index in [1.807, 2.05) is 32.0 Å². The average Bonchev–Trinajstić information content (AvgIpc) is 3.05. The fraction of sp³-hybridized carbons (Fsp3) is 0.560.